The van der Waals surface area contributed by atoms with E-state index in [1.807, 2.05) is 12.1 Å². The van der Waals surface area contributed by atoms with Crippen molar-refractivity contribution in [2.45, 2.75) is 47.1 Å². The molecule has 4 aromatic carbocycles. The number of ketones is 1. The molecule has 0 amide bonds. The number of imidazole rings is 1. The van der Waals surface area contributed by atoms with Gasteiger partial charge in [0.25, 0.3) is 0 Å². The zero-order chi connectivity index (χ0) is 29.4. The third-order valence-electron chi connectivity index (χ3n) is 8.73. The molecule has 2 heterocycles. The predicted molar refractivity (Wildman–Crippen MR) is 173 cm³/mol. The Morgan fingerprint density at radius 1 is 0.643 bits per heavy atom. The van der Waals surface area contributed by atoms with Gasteiger partial charge in [0.2, 0.25) is 0 Å². The Labute approximate surface area is 248 Å². The number of hydrogen-bond donors (Lipinski definition) is 0. The number of allylic oxidation sites excluding steroid dienone is 4. The second kappa shape index (κ2) is 9.00. The second-order valence-corrected chi connectivity index (χ2v) is 13.7. The third kappa shape index (κ3) is 3.87. The summed E-state index contributed by atoms with van der Waals surface area (Å²) in [6.07, 6.45) is 4.50. The van der Waals surface area contributed by atoms with Gasteiger partial charge in [-0.2, -0.15) is 0 Å². The molecule has 0 saturated carbocycles. The van der Waals surface area contributed by atoms with E-state index in [4.69, 9.17) is 4.98 Å². The maximum absolute atomic E-state index is 14.2. The Morgan fingerprint density at radius 2 is 1.14 bits per heavy atom. The fourth-order valence-electron chi connectivity index (χ4n) is 6.65. The molecule has 0 atom stereocenters. The maximum atomic E-state index is 14.2. The highest BCUT2D eigenvalue weighted by molar-refractivity contribution is 6.12. The van der Waals surface area contributed by atoms with E-state index in [2.05, 4.69) is 143 Å². The standard InChI is InChI=1S/C39H36N2O/c1-37(2,3)31-23-39(24-32(35(31)42)38(4,5)6)30-22-28-20-14-13-19-27(28)21-29(30)34-33(25-15-9-7-10-16-25)40-36(41(34)39)26-17-11-8-12-18-26/h7-24H,1-6H3. The van der Waals surface area contributed by atoms with Crippen molar-refractivity contribution in [2.75, 3.05) is 0 Å². The molecule has 0 saturated heterocycles. The van der Waals surface area contributed by atoms with Gasteiger partial charge in [0.15, 0.2) is 5.78 Å². The number of aromatic nitrogens is 2. The van der Waals surface area contributed by atoms with E-state index in [-0.39, 0.29) is 16.6 Å². The summed E-state index contributed by atoms with van der Waals surface area (Å²) in [4.78, 5) is 19.6. The molecule has 0 unspecified atom stereocenters. The minimum atomic E-state index is -0.723. The van der Waals surface area contributed by atoms with E-state index in [0.29, 0.717) is 0 Å². The van der Waals surface area contributed by atoms with Crippen LogP contribution in [0.4, 0.5) is 0 Å². The summed E-state index contributed by atoms with van der Waals surface area (Å²) in [5, 5.41) is 2.37. The molecule has 0 N–H and O–H groups in total. The average Bonchev–Trinajstić information content (AvgIpc) is 3.48. The summed E-state index contributed by atoms with van der Waals surface area (Å²) in [6, 6.07) is 34.1. The first-order chi connectivity index (χ1) is 20.0. The molecule has 0 fully saturated rings. The van der Waals surface area contributed by atoms with Crippen LogP contribution in [0.2, 0.25) is 0 Å². The number of benzene rings is 4. The Kier molecular flexibility index (Phi) is 5.66. The van der Waals surface area contributed by atoms with Gasteiger partial charge in [-0.25, -0.2) is 4.98 Å². The number of carbonyl (C=O) groups is 1. The van der Waals surface area contributed by atoms with Crippen molar-refractivity contribution in [3.8, 4) is 33.9 Å². The van der Waals surface area contributed by atoms with Crippen molar-refractivity contribution in [1.82, 2.24) is 9.55 Å². The maximum Gasteiger partial charge on any atom is 0.185 e. The van der Waals surface area contributed by atoms with E-state index in [0.717, 1.165) is 45.0 Å². The van der Waals surface area contributed by atoms with Crippen molar-refractivity contribution in [3.63, 3.8) is 0 Å². The molecule has 0 radical (unpaired) electrons. The highest BCUT2D eigenvalue weighted by Gasteiger charge is 2.50. The second-order valence-electron chi connectivity index (χ2n) is 13.7. The van der Waals surface area contributed by atoms with E-state index in [1.165, 1.54) is 16.3 Å². The van der Waals surface area contributed by atoms with Crippen LogP contribution >= 0.6 is 0 Å². The molecule has 3 nitrogen and oxygen atoms in total. The van der Waals surface area contributed by atoms with Crippen molar-refractivity contribution in [3.05, 3.63) is 126 Å². The third-order valence-corrected chi connectivity index (χ3v) is 8.73. The molecule has 1 aliphatic heterocycles. The number of rotatable bonds is 2. The van der Waals surface area contributed by atoms with Crippen LogP contribution in [0.5, 0.6) is 0 Å². The number of hydrogen-bond acceptors (Lipinski definition) is 2. The van der Waals surface area contributed by atoms with Gasteiger partial charge in [0.05, 0.1) is 11.4 Å². The van der Waals surface area contributed by atoms with Crippen molar-refractivity contribution >= 4 is 16.6 Å². The quantitative estimate of drug-likeness (QED) is 0.220. The lowest BCUT2D eigenvalue weighted by Crippen LogP contribution is -2.38. The monoisotopic (exact) mass is 548 g/mol. The summed E-state index contributed by atoms with van der Waals surface area (Å²) in [7, 11) is 0. The van der Waals surface area contributed by atoms with Crippen LogP contribution in [-0.2, 0) is 10.3 Å². The lowest BCUT2D eigenvalue weighted by Gasteiger charge is -2.39. The van der Waals surface area contributed by atoms with Gasteiger partial charge in [0, 0.05) is 27.8 Å². The molecule has 208 valence electrons. The van der Waals surface area contributed by atoms with Crippen LogP contribution in [-0.4, -0.2) is 15.3 Å². The molecular formula is C39H36N2O. The first kappa shape index (κ1) is 26.4. The topological polar surface area (TPSA) is 34.9 Å². The smallest absolute Gasteiger partial charge is 0.185 e. The molecule has 0 bridgehead atoms. The van der Waals surface area contributed by atoms with Gasteiger partial charge in [-0.05, 0) is 51.5 Å². The highest BCUT2D eigenvalue weighted by atomic mass is 16.1. The minimum absolute atomic E-state index is 0.140. The summed E-state index contributed by atoms with van der Waals surface area (Å²) in [6.45, 7) is 12.9. The SMILES string of the molecule is CC(C)(C)C1=CC2(C=C(C(C)(C)C)C1=O)c1cc3ccccc3cc1-c1c(-c3ccccc3)nc(-c3ccccc3)n12. The Hall–Kier alpha value is -4.50. The van der Waals surface area contributed by atoms with Crippen LogP contribution < -0.4 is 0 Å². The first-order valence-corrected chi connectivity index (χ1v) is 14.8. The summed E-state index contributed by atoms with van der Waals surface area (Å²) in [5.41, 5.74) is 6.78. The molecule has 3 heteroatoms. The molecule has 1 aliphatic carbocycles. The van der Waals surface area contributed by atoms with Gasteiger partial charge in [0.1, 0.15) is 11.4 Å². The van der Waals surface area contributed by atoms with Gasteiger partial charge >= 0.3 is 0 Å². The number of carbonyl (C=O) groups excluding carboxylic acids is 1. The van der Waals surface area contributed by atoms with Gasteiger partial charge in [-0.15, -0.1) is 0 Å². The van der Waals surface area contributed by atoms with Crippen molar-refractivity contribution in [1.29, 1.82) is 0 Å². The Morgan fingerprint density at radius 3 is 1.69 bits per heavy atom. The van der Waals surface area contributed by atoms with E-state index < -0.39 is 5.54 Å². The van der Waals surface area contributed by atoms with E-state index in [1.54, 1.807) is 0 Å². The van der Waals surface area contributed by atoms with Crippen LogP contribution in [0.25, 0.3) is 44.7 Å². The van der Waals surface area contributed by atoms with Crippen LogP contribution in [0.15, 0.2) is 120 Å². The molecule has 7 rings (SSSR count). The highest BCUT2D eigenvalue weighted by Crippen LogP contribution is 2.56. The van der Waals surface area contributed by atoms with Crippen LogP contribution in [0.3, 0.4) is 0 Å². The van der Waals surface area contributed by atoms with Gasteiger partial charge in [-0.3, -0.25) is 4.79 Å². The van der Waals surface area contributed by atoms with Gasteiger partial charge < -0.3 is 4.57 Å². The predicted octanol–water partition coefficient (Wildman–Crippen LogP) is 9.62. The number of Topliss-reactive ketones (excluding diaryl/α,β-unsaturated/α-hetero) is 1. The Balaban J connectivity index is 1.70. The normalized spacial score (nSPS) is 15.9. The summed E-state index contributed by atoms with van der Waals surface area (Å²) in [5.74, 6) is 1.04. The largest absolute Gasteiger partial charge is 0.306 e. The van der Waals surface area contributed by atoms with E-state index >= 15 is 0 Å². The number of fused-ring (bicyclic) bond motifs is 6. The molecule has 2 aliphatic rings. The minimum Gasteiger partial charge on any atom is -0.306 e. The zero-order valence-corrected chi connectivity index (χ0v) is 25.2. The molecule has 1 aromatic heterocycles. The van der Waals surface area contributed by atoms with Crippen molar-refractivity contribution < 1.29 is 4.79 Å². The first-order valence-electron chi connectivity index (χ1n) is 14.8. The molecular weight excluding hydrogens is 512 g/mol. The summed E-state index contributed by atoms with van der Waals surface area (Å²) >= 11 is 0. The van der Waals surface area contributed by atoms with E-state index in [9.17, 15) is 4.79 Å². The summed E-state index contributed by atoms with van der Waals surface area (Å²) < 4.78 is 2.41. The molecule has 5 aromatic rings. The fraction of sp³-hybridized carbons (Fsp3) is 0.231. The average molecular weight is 549 g/mol. The lowest BCUT2D eigenvalue weighted by molar-refractivity contribution is -0.114. The van der Waals surface area contributed by atoms with Crippen LogP contribution in [0, 0.1) is 10.8 Å². The fourth-order valence-corrected chi connectivity index (χ4v) is 6.65. The zero-order valence-electron chi connectivity index (χ0n) is 25.2. The van der Waals surface area contributed by atoms with Crippen molar-refractivity contribution in [2.24, 2.45) is 10.8 Å². The number of nitrogens with zero attached hydrogens (tertiary/aromatic N) is 2. The lowest BCUT2D eigenvalue weighted by atomic mass is 9.67. The van der Waals surface area contributed by atoms with Gasteiger partial charge in [-0.1, -0.05) is 126 Å². The molecule has 1 spiro atoms. The Bertz CT molecular complexity index is 1910. The van der Waals surface area contributed by atoms with Crippen LogP contribution in [0.1, 0.15) is 47.1 Å². The molecule has 42 heavy (non-hydrogen) atoms.